The third-order valence-electron chi connectivity index (χ3n) is 3.92. The SMILES string of the molecule is C=CCN1CCN(C(=O)C=Cc2ccc(OC)cc2OC)CC1. The number of rotatable bonds is 6. The van der Waals surface area contributed by atoms with Crippen LogP contribution in [-0.2, 0) is 4.79 Å². The predicted molar refractivity (Wildman–Crippen MR) is 91.8 cm³/mol. The van der Waals surface area contributed by atoms with E-state index in [2.05, 4.69) is 11.5 Å². The molecule has 124 valence electrons. The number of nitrogens with zero attached hydrogens (tertiary/aromatic N) is 2. The first kappa shape index (κ1) is 17.1. The van der Waals surface area contributed by atoms with Gasteiger partial charge >= 0.3 is 0 Å². The van der Waals surface area contributed by atoms with E-state index in [1.54, 1.807) is 32.4 Å². The summed E-state index contributed by atoms with van der Waals surface area (Å²) in [5, 5.41) is 0. The maximum absolute atomic E-state index is 12.3. The normalized spacial score (nSPS) is 15.7. The van der Waals surface area contributed by atoms with Gasteiger partial charge in [0.25, 0.3) is 0 Å². The minimum atomic E-state index is 0.0288. The zero-order valence-electron chi connectivity index (χ0n) is 13.8. The number of hydrogen-bond acceptors (Lipinski definition) is 4. The Kier molecular flexibility index (Phi) is 6.23. The summed E-state index contributed by atoms with van der Waals surface area (Å²) in [6.07, 6.45) is 5.29. The van der Waals surface area contributed by atoms with Gasteiger partial charge in [-0.2, -0.15) is 0 Å². The van der Waals surface area contributed by atoms with Crippen LogP contribution in [0.25, 0.3) is 6.08 Å². The molecule has 0 aliphatic carbocycles. The van der Waals surface area contributed by atoms with Crippen LogP contribution in [0.15, 0.2) is 36.9 Å². The van der Waals surface area contributed by atoms with Crippen LogP contribution in [0.3, 0.4) is 0 Å². The quantitative estimate of drug-likeness (QED) is 0.595. The summed E-state index contributed by atoms with van der Waals surface area (Å²) in [4.78, 5) is 16.4. The lowest BCUT2D eigenvalue weighted by atomic mass is 10.1. The number of methoxy groups -OCH3 is 2. The minimum Gasteiger partial charge on any atom is -0.497 e. The molecule has 1 amide bonds. The molecule has 0 radical (unpaired) electrons. The molecule has 1 aromatic carbocycles. The predicted octanol–water partition coefficient (Wildman–Crippen LogP) is 2.05. The summed E-state index contributed by atoms with van der Waals surface area (Å²) in [6, 6.07) is 5.53. The van der Waals surface area contributed by atoms with Crippen LogP contribution < -0.4 is 9.47 Å². The molecule has 0 spiro atoms. The van der Waals surface area contributed by atoms with E-state index in [4.69, 9.17) is 9.47 Å². The van der Waals surface area contributed by atoms with Crippen molar-refractivity contribution in [1.82, 2.24) is 9.80 Å². The van der Waals surface area contributed by atoms with Gasteiger partial charge in [-0.3, -0.25) is 9.69 Å². The Balaban J connectivity index is 1.97. The van der Waals surface area contributed by atoms with Crippen molar-refractivity contribution in [3.63, 3.8) is 0 Å². The molecule has 0 unspecified atom stereocenters. The van der Waals surface area contributed by atoms with Crippen molar-refractivity contribution in [2.75, 3.05) is 46.9 Å². The number of amides is 1. The second kappa shape index (κ2) is 8.39. The van der Waals surface area contributed by atoms with E-state index in [1.807, 2.05) is 23.1 Å². The van der Waals surface area contributed by atoms with Crippen LogP contribution in [0, 0.1) is 0 Å². The third kappa shape index (κ3) is 4.60. The Hall–Kier alpha value is -2.27. The third-order valence-corrected chi connectivity index (χ3v) is 3.92. The highest BCUT2D eigenvalue weighted by Gasteiger charge is 2.18. The molecular weight excluding hydrogens is 292 g/mol. The zero-order valence-corrected chi connectivity index (χ0v) is 13.8. The Morgan fingerprint density at radius 2 is 1.96 bits per heavy atom. The molecule has 0 N–H and O–H groups in total. The molecule has 0 saturated carbocycles. The second-order valence-electron chi connectivity index (χ2n) is 5.36. The fraction of sp³-hybridized carbons (Fsp3) is 0.389. The molecule has 0 atom stereocenters. The van der Waals surface area contributed by atoms with Crippen LogP contribution in [0.2, 0.25) is 0 Å². The fourth-order valence-corrected chi connectivity index (χ4v) is 2.56. The van der Waals surface area contributed by atoms with Gasteiger partial charge in [-0.1, -0.05) is 6.08 Å². The van der Waals surface area contributed by atoms with E-state index in [1.165, 1.54) is 0 Å². The standard InChI is InChI=1S/C18H24N2O3/c1-4-9-19-10-12-20(13-11-19)18(21)8-6-15-5-7-16(22-2)14-17(15)23-3/h4-8,14H,1,9-13H2,2-3H3. The van der Waals surface area contributed by atoms with Gasteiger partial charge in [0, 0.05) is 50.4 Å². The van der Waals surface area contributed by atoms with E-state index in [9.17, 15) is 4.79 Å². The van der Waals surface area contributed by atoms with Crippen LogP contribution in [0.1, 0.15) is 5.56 Å². The van der Waals surface area contributed by atoms with Crippen LogP contribution in [-0.4, -0.2) is 62.7 Å². The summed E-state index contributed by atoms with van der Waals surface area (Å²) in [7, 11) is 3.21. The first-order valence-corrected chi connectivity index (χ1v) is 7.70. The molecule has 23 heavy (non-hydrogen) atoms. The molecule has 0 bridgehead atoms. The molecule has 1 saturated heterocycles. The Bertz CT molecular complexity index is 576. The van der Waals surface area contributed by atoms with Crippen molar-refractivity contribution < 1.29 is 14.3 Å². The fourth-order valence-electron chi connectivity index (χ4n) is 2.56. The molecular formula is C18H24N2O3. The lowest BCUT2D eigenvalue weighted by Crippen LogP contribution is -2.48. The van der Waals surface area contributed by atoms with Crippen molar-refractivity contribution in [2.45, 2.75) is 0 Å². The molecule has 1 aliphatic heterocycles. The molecule has 2 rings (SSSR count). The van der Waals surface area contributed by atoms with E-state index in [0.717, 1.165) is 44.0 Å². The molecule has 1 aliphatic rings. The van der Waals surface area contributed by atoms with E-state index in [-0.39, 0.29) is 5.91 Å². The number of hydrogen-bond donors (Lipinski definition) is 0. The Morgan fingerprint density at radius 3 is 2.57 bits per heavy atom. The summed E-state index contributed by atoms with van der Waals surface area (Å²) < 4.78 is 10.5. The number of carbonyl (C=O) groups excluding carboxylic acids is 1. The van der Waals surface area contributed by atoms with Crippen molar-refractivity contribution in [2.24, 2.45) is 0 Å². The average Bonchev–Trinajstić information content (AvgIpc) is 2.60. The zero-order chi connectivity index (χ0) is 16.7. The van der Waals surface area contributed by atoms with E-state index in [0.29, 0.717) is 5.75 Å². The molecule has 0 aromatic heterocycles. The van der Waals surface area contributed by atoms with Crippen molar-refractivity contribution >= 4 is 12.0 Å². The maximum Gasteiger partial charge on any atom is 0.246 e. The maximum atomic E-state index is 12.3. The summed E-state index contributed by atoms with van der Waals surface area (Å²) in [6.45, 7) is 7.89. The first-order chi connectivity index (χ1) is 11.2. The largest absolute Gasteiger partial charge is 0.497 e. The van der Waals surface area contributed by atoms with Crippen LogP contribution >= 0.6 is 0 Å². The number of ether oxygens (including phenoxy) is 2. The summed E-state index contributed by atoms with van der Waals surface area (Å²) >= 11 is 0. The van der Waals surface area contributed by atoms with Crippen LogP contribution in [0.5, 0.6) is 11.5 Å². The van der Waals surface area contributed by atoms with Crippen molar-refractivity contribution in [3.8, 4) is 11.5 Å². The highest BCUT2D eigenvalue weighted by atomic mass is 16.5. The van der Waals surface area contributed by atoms with Crippen molar-refractivity contribution in [3.05, 3.63) is 42.5 Å². The highest BCUT2D eigenvalue weighted by molar-refractivity contribution is 5.92. The van der Waals surface area contributed by atoms with Gasteiger partial charge in [0.05, 0.1) is 14.2 Å². The van der Waals surface area contributed by atoms with E-state index >= 15 is 0 Å². The lowest BCUT2D eigenvalue weighted by Gasteiger charge is -2.33. The molecule has 1 fully saturated rings. The molecule has 1 aromatic rings. The summed E-state index contributed by atoms with van der Waals surface area (Å²) in [5.41, 5.74) is 0.854. The van der Waals surface area contributed by atoms with Gasteiger partial charge in [0.1, 0.15) is 11.5 Å². The average molecular weight is 316 g/mol. The highest BCUT2D eigenvalue weighted by Crippen LogP contribution is 2.25. The minimum absolute atomic E-state index is 0.0288. The first-order valence-electron chi connectivity index (χ1n) is 7.70. The number of piperazine rings is 1. The number of carbonyl (C=O) groups is 1. The van der Waals surface area contributed by atoms with Gasteiger partial charge in [-0.05, 0) is 18.2 Å². The molecule has 5 heteroatoms. The van der Waals surface area contributed by atoms with Gasteiger partial charge in [-0.25, -0.2) is 0 Å². The van der Waals surface area contributed by atoms with Crippen molar-refractivity contribution in [1.29, 1.82) is 0 Å². The smallest absolute Gasteiger partial charge is 0.246 e. The topological polar surface area (TPSA) is 42.0 Å². The second-order valence-corrected chi connectivity index (χ2v) is 5.36. The monoisotopic (exact) mass is 316 g/mol. The van der Waals surface area contributed by atoms with Gasteiger partial charge in [0.15, 0.2) is 0 Å². The summed E-state index contributed by atoms with van der Waals surface area (Å²) in [5.74, 6) is 1.44. The van der Waals surface area contributed by atoms with E-state index < -0.39 is 0 Å². The Labute approximate surface area is 137 Å². The van der Waals surface area contributed by atoms with Gasteiger partial charge in [-0.15, -0.1) is 6.58 Å². The molecule has 5 nitrogen and oxygen atoms in total. The molecule has 1 heterocycles. The van der Waals surface area contributed by atoms with Gasteiger partial charge in [0.2, 0.25) is 5.91 Å². The van der Waals surface area contributed by atoms with Crippen LogP contribution in [0.4, 0.5) is 0 Å². The lowest BCUT2D eigenvalue weighted by molar-refractivity contribution is -0.127. The number of benzene rings is 1. The Morgan fingerprint density at radius 1 is 1.22 bits per heavy atom. The van der Waals surface area contributed by atoms with Gasteiger partial charge < -0.3 is 14.4 Å².